The summed E-state index contributed by atoms with van der Waals surface area (Å²) in [6, 6.07) is 9.96. The third-order valence-electron chi connectivity index (χ3n) is 4.52. The molecule has 2 aromatic carbocycles. The molecule has 25 heavy (non-hydrogen) atoms. The first kappa shape index (κ1) is 15.7. The molecule has 5 heteroatoms. The predicted octanol–water partition coefficient (Wildman–Crippen LogP) is 4.13. The summed E-state index contributed by atoms with van der Waals surface area (Å²) in [7, 11) is 1.58. The quantitative estimate of drug-likeness (QED) is 0.760. The molecule has 1 aliphatic carbocycles. The summed E-state index contributed by atoms with van der Waals surface area (Å²) in [5, 5.41) is 0.0293. The normalized spacial score (nSPS) is 13.8. The minimum Gasteiger partial charge on any atom is -0.497 e. The maximum absolute atomic E-state index is 14.4. The summed E-state index contributed by atoms with van der Waals surface area (Å²) in [4.78, 5) is 15.9. The van der Waals surface area contributed by atoms with Gasteiger partial charge >= 0.3 is 0 Å². The van der Waals surface area contributed by atoms with Crippen LogP contribution in [0.1, 0.15) is 12.8 Å². The van der Waals surface area contributed by atoms with Crippen LogP contribution in [0.5, 0.6) is 11.5 Å². The van der Waals surface area contributed by atoms with Gasteiger partial charge in [-0.05, 0) is 48.6 Å². The highest BCUT2D eigenvalue weighted by molar-refractivity contribution is 5.88. The number of ether oxygens (including phenoxy) is 2. The molecule has 0 aliphatic heterocycles. The molecule has 1 N–H and O–H groups in total. The first-order chi connectivity index (χ1) is 12.2. The second kappa shape index (κ2) is 6.24. The number of aromatic amines is 1. The Morgan fingerprint density at radius 2 is 1.92 bits per heavy atom. The van der Waals surface area contributed by atoms with E-state index >= 15 is 0 Å². The fraction of sp³-hybridized carbons (Fsp3) is 0.250. The van der Waals surface area contributed by atoms with Crippen LogP contribution in [0.25, 0.3) is 22.0 Å². The lowest BCUT2D eigenvalue weighted by Gasteiger charge is -2.11. The molecule has 4 rings (SSSR count). The van der Waals surface area contributed by atoms with E-state index in [9.17, 15) is 9.18 Å². The van der Waals surface area contributed by atoms with Gasteiger partial charge in [0.2, 0.25) is 0 Å². The molecule has 0 spiro atoms. The molecule has 1 saturated carbocycles. The molecule has 1 aromatic heterocycles. The van der Waals surface area contributed by atoms with Crippen molar-refractivity contribution in [1.82, 2.24) is 4.98 Å². The predicted molar refractivity (Wildman–Crippen MR) is 94.7 cm³/mol. The van der Waals surface area contributed by atoms with Gasteiger partial charge in [0.15, 0.2) is 5.43 Å². The number of H-pyrrole nitrogens is 1. The van der Waals surface area contributed by atoms with Crippen LogP contribution in [0, 0.1) is 11.7 Å². The van der Waals surface area contributed by atoms with Crippen LogP contribution in [0.4, 0.5) is 4.39 Å². The number of benzene rings is 2. The average molecular weight is 339 g/mol. The summed E-state index contributed by atoms with van der Waals surface area (Å²) in [5.74, 6) is 1.24. The monoisotopic (exact) mass is 339 g/mol. The Morgan fingerprint density at radius 3 is 2.60 bits per heavy atom. The third kappa shape index (κ3) is 2.97. The van der Waals surface area contributed by atoms with E-state index in [-0.39, 0.29) is 10.8 Å². The van der Waals surface area contributed by atoms with E-state index in [4.69, 9.17) is 9.47 Å². The van der Waals surface area contributed by atoms with Crippen molar-refractivity contribution < 1.29 is 13.9 Å². The number of hydrogen-bond acceptors (Lipinski definition) is 3. The zero-order valence-electron chi connectivity index (χ0n) is 13.8. The fourth-order valence-electron chi connectivity index (χ4n) is 2.87. The van der Waals surface area contributed by atoms with Crippen LogP contribution in [0.15, 0.2) is 47.4 Å². The van der Waals surface area contributed by atoms with Crippen molar-refractivity contribution in [3.05, 3.63) is 58.6 Å². The minimum absolute atomic E-state index is 0.0293. The Bertz CT molecular complexity index is 975. The zero-order chi connectivity index (χ0) is 17.4. The molecular formula is C20H18FNO3. The number of rotatable bonds is 5. The first-order valence-electron chi connectivity index (χ1n) is 8.28. The molecule has 4 nitrogen and oxygen atoms in total. The number of methoxy groups -OCH3 is 1. The molecule has 0 saturated heterocycles. The third-order valence-corrected chi connectivity index (χ3v) is 4.52. The molecule has 1 fully saturated rings. The van der Waals surface area contributed by atoms with E-state index < -0.39 is 5.82 Å². The van der Waals surface area contributed by atoms with Crippen LogP contribution in [-0.2, 0) is 0 Å². The van der Waals surface area contributed by atoms with E-state index in [0.29, 0.717) is 40.7 Å². The van der Waals surface area contributed by atoms with E-state index in [1.165, 1.54) is 6.07 Å². The second-order valence-electron chi connectivity index (χ2n) is 6.31. The van der Waals surface area contributed by atoms with Gasteiger partial charge in [0.1, 0.15) is 17.3 Å². The summed E-state index contributed by atoms with van der Waals surface area (Å²) < 4.78 is 25.3. The lowest BCUT2D eigenvalue weighted by atomic mass is 10.0. The molecule has 0 bridgehead atoms. The van der Waals surface area contributed by atoms with Crippen LogP contribution < -0.4 is 14.9 Å². The summed E-state index contributed by atoms with van der Waals surface area (Å²) in [5.41, 5.74) is 1.16. The molecule has 1 heterocycles. The maximum atomic E-state index is 14.4. The summed E-state index contributed by atoms with van der Waals surface area (Å²) in [6.45, 7) is 0.600. The smallest absolute Gasteiger partial charge is 0.200 e. The summed E-state index contributed by atoms with van der Waals surface area (Å²) in [6.07, 6.45) is 3.93. The van der Waals surface area contributed by atoms with Crippen molar-refractivity contribution >= 4 is 10.9 Å². The maximum Gasteiger partial charge on any atom is 0.200 e. The number of fused-ring (bicyclic) bond motifs is 1. The van der Waals surface area contributed by atoms with Gasteiger partial charge < -0.3 is 14.5 Å². The van der Waals surface area contributed by atoms with Crippen molar-refractivity contribution in [3.63, 3.8) is 0 Å². The van der Waals surface area contributed by atoms with E-state index in [0.717, 1.165) is 12.8 Å². The van der Waals surface area contributed by atoms with Crippen LogP contribution >= 0.6 is 0 Å². The Morgan fingerprint density at radius 1 is 1.16 bits per heavy atom. The number of hydrogen-bond donors (Lipinski definition) is 1. The van der Waals surface area contributed by atoms with E-state index in [1.54, 1.807) is 43.6 Å². The lowest BCUT2D eigenvalue weighted by molar-refractivity contribution is 0.302. The Labute approximate surface area is 144 Å². The molecule has 0 radical (unpaired) electrons. The van der Waals surface area contributed by atoms with Gasteiger partial charge in [0.05, 0.1) is 24.6 Å². The van der Waals surface area contributed by atoms with Crippen molar-refractivity contribution in [2.45, 2.75) is 12.8 Å². The van der Waals surface area contributed by atoms with Gasteiger partial charge in [-0.3, -0.25) is 4.79 Å². The van der Waals surface area contributed by atoms with Crippen molar-refractivity contribution in [2.24, 2.45) is 5.92 Å². The molecular weight excluding hydrogens is 321 g/mol. The van der Waals surface area contributed by atoms with Gasteiger partial charge in [-0.2, -0.15) is 0 Å². The van der Waals surface area contributed by atoms with Gasteiger partial charge in [-0.15, -0.1) is 0 Å². The molecule has 0 atom stereocenters. The molecule has 1 aliphatic rings. The number of halogens is 1. The fourth-order valence-corrected chi connectivity index (χ4v) is 2.87. The highest BCUT2D eigenvalue weighted by atomic mass is 19.1. The SMILES string of the molecule is COc1ccc(-c2c[nH]c3c(OCC4CC4)ccc(F)c3c2=O)cc1. The average Bonchev–Trinajstić information content (AvgIpc) is 3.46. The summed E-state index contributed by atoms with van der Waals surface area (Å²) >= 11 is 0. The topological polar surface area (TPSA) is 51.3 Å². The molecule has 128 valence electrons. The standard InChI is InChI=1S/C20H18FNO3/c1-24-14-6-4-13(5-7-14)15-10-22-19-17(25-11-12-2-3-12)9-8-16(21)18(19)20(15)23/h4-10,12H,2-3,11H2,1H3,(H,22,23). The first-order valence-corrected chi connectivity index (χ1v) is 8.28. The van der Waals surface area contributed by atoms with Crippen molar-refractivity contribution in [1.29, 1.82) is 0 Å². The highest BCUT2D eigenvalue weighted by Crippen LogP contribution is 2.32. The van der Waals surface area contributed by atoms with E-state index in [1.807, 2.05) is 0 Å². The Kier molecular flexibility index (Phi) is 3.92. The largest absolute Gasteiger partial charge is 0.497 e. The highest BCUT2D eigenvalue weighted by Gasteiger charge is 2.23. The molecule has 3 aromatic rings. The van der Waals surface area contributed by atoms with Crippen molar-refractivity contribution in [2.75, 3.05) is 13.7 Å². The van der Waals surface area contributed by atoms with Gasteiger partial charge in [-0.25, -0.2) is 4.39 Å². The van der Waals surface area contributed by atoms with E-state index in [2.05, 4.69) is 4.98 Å². The molecule has 0 unspecified atom stereocenters. The van der Waals surface area contributed by atoms with Crippen LogP contribution in [0.3, 0.4) is 0 Å². The second-order valence-corrected chi connectivity index (χ2v) is 6.31. The van der Waals surface area contributed by atoms with Crippen molar-refractivity contribution in [3.8, 4) is 22.6 Å². The molecule has 0 amide bonds. The van der Waals surface area contributed by atoms with Crippen LogP contribution in [0.2, 0.25) is 0 Å². The Hall–Kier alpha value is -2.82. The van der Waals surface area contributed by atoms with Gasteiger partial charge in [0.25, 0.3) is 0 Å². The number of aromatic nitrogens is 1. The lowest BCUT2D eigenvalue weighted by Crippen LogP contribution is -2.10. The number of nitrogens with one attached hydrogen (secondary N) is 1. The minimum atomic E-state index is -0.551. The van der Waals surface area contributed by atoms with Gasteiger partial charge in [-0.1, -0.05) is 12.1 Å². The number of pyridine rings is 1. The van der Waals surface area contributed by atoms with Gasteiger partial charge in [0, 0.05) is 11.8 Å². The van der Waals surface area contributed by atoms with Crippen LogP contribution in [-0.4, -0.2) is 18.7 Å². The Balaban J connectivity index is 1.80. The zero-order valence-corrected chi connectivity index (χ0v) is 13.8.